The average Bonchev–Trinajstić information content (AvgIpc) is 2.96. The molecule has 0 aliphatic heterocycles. The zero-order valence-corrected chi connectivity index (χ0v) is 18.6. The van der Waals surface area contributed by atoms with Gasteiger partial charge in [-0.1, -0.05) is 24.3 Å². The van der Waals surface area contributed by atoms with Gasteiger partial charge in [0.1, 0.15) is 4.90 Å². The maximum absolute atomic E-state index is 12.6. The van der Waals surface area contributed by atoms with Crippen molar-refractivity contribution in [2.24, 2.45) is 0 Å². The lowest BCUT2D eigenvalue weighted by Gasteiger charge is -2.12. The fourth-order valence-electron chi connectivity index (χ4n) is 3.25. The van der Waals surface area contributed by atoms with Crippen LogP contribution in [0, 0.1) is 20.8 Å². The first-order valence-corrected chi connectivity index (χ1v) is 11.0. The number of hydrogen-bond acceptors (Lipinski definition) is 4. The number of benzene rings is 2. The summed E-state index contributed by atoms with van der Waals surface area (Å²) in [6.07, 6.45) is 0. The standard InChI is InChI=1S/C22H26N4O3S/c1-15-7-6-8-20(13-15)23-22(27)19-11-9-18(10-12-19)14-26-17(3)21(16(2)24-26)30(28,29)25(4)5/h6-13H,14H2,1-5H3,(H,23,27). The quantitative estimate of drug-likeness (QED) is 0.655. The fourth-order valence-corrected chi connectivity index (χ4v) is 4.51. The summed E-state index contributed by atoms with van der Waals surface area (Å²) in [5.74, 6) is -0.183. The number of sulfonamides is 1. The first-order chi connectivity index (χ1) is 14.1. The molecule has 0 aliphatic rings. The molecule has 1 heterocycles. The van der Waals surface area contributed by atoms with Crippen LogP contribution in [0.4, 0.5) is 5.69 Å². The Morgan fingerprint density at radius 1 is 1.07 bits per heavy atom. The maximum Gasteiger partial charge on any atom is 0.255 e. The first-order valence-electron chi connectivity index (χ1n) is 9.53. The molecule has 1 N–H and O–H groups in total. The van der Waals surface area contributed by atoms with Crippen LogP contribution in [0.5, 0.6) is 0 Å². The van der Waals surface area contributed by atoms with Crippen molar-refractivity contribution in [3.05, 3.63) is 76.6 Å². The van der Waals surface area contributed by atoms with Crippen molar-refractivity contribution in [2.45, 2.75) is 32.2 Å². The number of hydrogen-bond donors (Lipinski definition) is 1. The molecule has 0 saturated carbocycles. The van der Waals surface area contributed by atoms with Crippen LogP contribution in [0.1, 0.15) is 32.9 Å². The number of amides is 1. The summed E-state index contributed by atoms with van der Waals surface area (Å²) in [5.41, 5.74) is 4.34. The van der Waals surface area contributed by atoms with Crippen molar-refractivity contribution in [1.29, 1.82) is 0 Å². The summed E-state index contributed by atoms with van der Waals surface area (Å²) >= 11 is 0. The van der Waals surface area contributed by atoms with Crippen LogP contribution < -0.4 is 5.32 Å². The number of anilines is 1. The normalized spacial score (nSPS) is 11.7. The van der Waals surface area contributed by atoms with Gasteiger partial charge in [0.05, 0.1) is 17.9 Å². The van der Waals surface area contributed by atoms with Crippen molar-refractivity contribution >= 4 is 21.6 Å². The summed E-state index contributed by atoms with van der Waals surface area (Å²) in [6, 6.07) is 14.8. The lowest BCUT2D eigenvalue weighted by Crippen LogP contribution is -2.23. The molecule has 0 atom stereocenters. The van der Waals surface area contributed by atoms with E-state index in [2.05, 4.69) is 10.4 Å². The topological polar surface area (TPSA) is 84.3 Å². The van der Waals surface area contributed by atoms with E-state index in [4.69, 9.17) is 0 Å². The first kappa shape index (κ1) is 21.7. The van der Waals surface area contributed by atoms with Crippen molar-refractivity contribution in [3.8, 4) is 0 Å². The molecule has 1 aromatic heterocycles. The van der Waals surface area contributed by atoms with Gasteiger partial charge in [0.25, 0.3) is 5.91 Å². The number of aryl methyl sites for hydroxylation is 2. The van der Waals surface area contributed by atoms with Crippen LogP contribution in [0.15, 0.2) is 53.4 Å². The SMILES string of the molecule is Cc1cccc(NC(=O)c2ccc(Cn3nc(C)c(S(=O)(=O)N(C)C)c3C)cc2)c1. The van der Waals surface area contributed by atoms with Crippen LogP contribution in [0.3, 0.4) is 0 Å². The van der Waals surface area contributed by atoms with Gasteiger partial charge in [-0.2, -0.15) is 5.10 Å². The Labute approximate surface area is 177 Å². The molecule has 0 aliphatic carbocycles. The Morgan fingerprint density at radius 2 is 1.73 bits per heavy atom. The van der Waals surface area contributed by atoms with E-state index < -0.39 is 10.0 Å². The summed E-state index contributed by atoms with van der Waals surface area (Å²) < 4.78 is 28.0. The highest BCUT2D eigenvalue weighted by Crippen LogP contribution is 2.23. The van der Waals surface area contributed by atoms with E-state index >= 15 is 0 Å². The van der Waals surface area contributed by atoms with Gasteiger partial charge in [-0.25, -0.2) is 12.7 Å². The molecule has 0 fully saturated rings. The van der Waals surface area contributed by atoms with Gasteiger partial charge in [0.15, 0.2) is 0 Å². The largest absolute Gasteiger partial charge is 0.322 e. The van der Waals surface area contributed by atoms with E-state index in [0.29, 0.717) is 23.5 Å². The van der Waals surface area contributed by atoms with E-state index in [1.165, 1.54) is 18.4 Å². The van der Waals surface area contributed by atoms with Gasteiger partial charge < -0.3 is 5.32 Å². The third-order valence-electron chi connectivity index (χ3n) is 4.88. The highest BCUT2D eigenvalue weighted by molar-refractivity contribution is 7.89. The zero-order valence-electron chi connectivity index (χ0n) is 17.8. The zero-order chi connectivity index (χ0) is 22.1. The molecule has 0 spiro atoms. The lowest BCUT2D eigenvalue weighted by atomic mass is 10.1. The van der Waals surface area contributed by atoms with Crippen LogP contribution >= 0.6 is 0 Å². The molecule has 0 radical (unpaired) electrons. The molecule has 3 aromatic rings. The Hall–Kier alpha value is -2.97. The minimum atomic E-state index is -3.56. The molecule has 2 aromatic carbocycles. The Balaban J connectivity index is 1.77. The van der Waals surface area contributed by atoms with E-state index in [1.807, 2.05) is 43.3 Å². The highest BCUT2D eigenvalue weighted by atomic mass is 32.2. The van der Waals surface area contributed by atoms with E-state index in [-0.39, 0.29) is 10.8 Å². The molecule has 0 bridgehead atoms. The van der Waals surface area contributed by atoms with E-state index in [9.17, 15) is 13.2 Å². The van der Waals surface area contributed by atoms with Gasteiger partial charge in [0, 0.05) is 25.3 Å². The van der Waals surface area contributed by atoms with Gasteiger partial charge in [-0.15, -0.1) is 0 Å². The van der Waals surface area contributed by atoms with Crippen LogP contribution in [-0.2, 0) is 16.6 Å². The van der Waals surface area contributed by atoms with Crippen molar-refractivity contribution < 1.29 is 13.2 Å². The number of carbonyl (C=O) groups is 1. The second-order valence-corrected chi connectivity index (χ2v) is 9.55. The predicted octanol–water partition coefficient (Wildman–Crippen LogP) is 3.36. The summed E-state index contributed by atoms with van der Waals surface area (Å²) in [4.78, 5) is 12.7. The van der Waals surface area contributed by atoms with Gasteiger partial charge in [0.2, 0.25) is 10.0 Å². The van der Waals surface area contributed by atoms with Crippen molar-refractivity contribution in [3.63, 3.8) is 0 Å². The third-order valence-corrected chi connectivity index (χ3v) is 6.95. The molecular weight excluding hydrogens is 400 g/mol. The van der Waals surface area contributed by atoms with Gasteiger partial charge in [-0.3, -0.25) is 9.48 Å². The molecule has 0 unspecified atom stereocenters. The number of nitrogens with one attached hydrogen (secondary N) is 1. The van der Waals surface area contributed by atoms with Crippen LogP contribution in [-0.4, -0.2) is 42.5 Å². The lowest BCUT2D eigenvalue weighted by molar-refractivity contribution is 0.102. The number of nitrogens with zero attached hydrogens (tertiary/aromatic N) is 3. The molecule has 158 valence electrons. The van der Waals surface area contributed by atoms with Crippen LogP contribution in [0.2, 0.25) is 0 Å². The minimum absolute atomic E-state index is 0.183. The molecule has 7 nitrogen and oxygen atoms in total. The molecule has 3 rings (SSSR count). The summed E-state index contributed by atoms with van der Waals surface area (Å²) in [6.45, 7) is 5.83. The number of aromatic nitrogens is 2. The molecule has 30 heavy (non-hydrogen) atoms. The second kappa shape index (κ2) is 8.41. The average molecular weight is 427 g/mol. The second-order valence-electron chi connectivity index (χ2n) is 7.47. The van der Waals surface area contributed by atoms with Gasteiger partial charge >= 0.3 is 0 Å². The third kappa shape index (κ3) is 4.44. The van der Waals surface area contributed by atoms with Crippen molar-refractivity contribution in [2.75, 3.05) is 19.4 Å². The Morgan fingerprint density at radius 3 is 2.33 bits per heavy atom. The summed E-state index contributed by atoms with van der Waals surface area (Å²) in [5, 5.41) is 7.29. The van der Waals surface area contributed by atoms with Crippen molar-refractivity contribution in [1.82, 2.24) is 14.1 Å². The van der Waals surface area contributed by atoms with Gasteiger partial charge in [-0.05, 0) is 56.2 Å². The smallest absolute Gasteiger partial charge is 0.255 e. The minimum Gasteiger partial charge on any atom is -0.322 e. The van der Waals surface area contributed by atoms with E-state index in [1.54, 1.807) is 30.7 Å². The maximum atomic E-state index is 12.6. The number of carbonyl (C=O) groups excluding carboxylic acids is 1. The van der Waals surface area contributed by atoms with Crippen LogP contribution in [0.25, 0.3) is 0 Å². The van der Waals surface area contributed by atoms with E-state index in [0.717, 1.165) is 16.8 Å². The number of rotatable bonds is 6. The molecular formula is C22H26N4O3S. The Bertz CT molecular complexity index is 1180. The molecule has 1 amide bonds. The monoisotopic (exact) mass is 426 g/mol. The summed E-state index contributed by atoms with van der Waals surface area (Å²) in [7, 11) is -0.551. The fraction of sp³-hybridized carbons (Fsp3) is 0.273. The Kier molecular flexibility index (Phi) is 6.09. The highest BCUT2D eigenvalue weighted by Gasteiger charge is 2.26. The predicted molar refractivity (Wildman–Crippen MR) is 117 cm³/mol. The molecule has 8 heteroatoms. The molecule has 0 saturated heterocycles.